The number of imidazole rings is 1. The Labute approximate surface area is 154 Å². The lowest BCUT2D eigenvalue weighted by molar-refractivity contribution is -0.123. The molecule has 0 saturated heterocycles. The van der Waals surface area contributed by atoms with Crippen molar-refractivity contribution in [1.29, 1.82) is 0 Å². The number of hydrogen-bond donors (Lipinski definition) is 2. The zero-order valence-corrected chi connectivity index (χ0v) is 15.0. The lowest BCUT2D eigenvalue weighted by Gasteiger charge is -2.09. The van der Waals surface area contributed by atoms with Crippen LogP contribution in [0.15, 0.2) is 22.7 Å². The number of amides is 1. The third-order valence-electron chi connectivity index (χ3n) is 5.07. The Morgan fingerprint density at radius 1 is 1.38 bits per heavy atom. The predicted octanol–water partition coefficient (Wildman–Crippen LogP) is 3.46. The van der Waals surface area contributed by atoms with E-state index in [1.807, 2.05) is 25.1 Å². The SMILES string of the molecule is CC(NC(=O)[C@@H]1C[C@H]1c1nc2cc(Cl)ccc2[nH]1)c1nc(C2CC2)no1. The second-order valence-electron chi connectivity index (χ2n) is 7.23. The zero-order valence-electron chi connectivity index (χ0n) is 14.2. The molecule has 0 aliphatic heterocycles. The number of rotatable bonds is 5. The number of benzene rings is 1. The van der Waals surface area contributed by atoms with Gasteiger partial charge in [-0.3, -0.25) is 4.79 Å². The van der Waals surface area contributed by atoms with Gasteiger partial charge in [0, 0.05) is 22.8 Å². The van der Waals surface area contributed by atoms with Crippen molar-refractivity contribution >= 4 is 28.5 Å². The number of H-pyrrole nitrogens is 1. The van der Waals surface area contributed by atoms with E-state index >= 15 is 0 Å². The summed E-state index contributed by atoms with van der Waals surface area (Å²) >= 11 is 6.00. The topological polar surface area (TPSA) is 96.7 Å². The maximum Gasteiger partial charge on any atom is 0.248 e. The number of aromatic amines is 1. The number of aromatic nitrogens is 4. The van der Waals surface area contributed by atoms with Crippen molar-refractivity contribution in [2.24, 2.45) is 5.92 Å². The van der Waals surface area contributed by atoms with Crippen LogP contribution in [0.4, 0.5) is 0 Å². The van der Waals surface area contributed by atoms with Crippen LogP contribution in [0.3, 0.4) is 0 Å². The molecule has 8 heteroatoms. The van der Waals surface area contributed by atoms with Crippen molar-refractivity contribution in [3.8, 4) is 0 Å². The van der Waals surface area contributed by atoms with E-state index in [9.17, 15) is 4.79 Å². The Bertz CT molecular complexity index is 993. The molecule has 2 fully saturated rings. The van der Waals surface area contributed by atoms with Crippen LogP contribution >= 0.6 is 11.6 Å². The van der Waals surface area contributed by atoms with Gasteiger partial charge in [0.1, 0.15) is 11.9 Å². The summed E-state index contributed by atoms with van der Waals surface area (Å²) in [7, 11) is 0. The summed E-state index contributed by atoms with van der Waals surface area (Å²) in [5.74, 6) is 2.51. The average molecular weight is 372 g/mol. The second-order valence-corrected chi connectivity index (χ2v) is 7.66. The third kappa shape index (κ3) is 2.86. The van der Waals surface area contributed by atoms with Gasteiger partial charge in [0.25, 0.3) is 0 Å². The third-order valence-corrected chi connectivity index (χ3v) is 5.31. The van der Waals surface area contributed by atoms with Crippen LogP contribution in [0.1, 0.15) is 61.6 Å². The van der Waals surface area contributed by atoms with Gasteiger partial charge in [0.15, 0.2) is 5.82 Å². The van der Waals surface area contributed by atoms with Crippen LogP contribution in [0, 0.1) is 5.92 Å². The molecule has 5 rings (SSSR count). The van der Waals surface area contributed by atoms with E-state index in [-0.39, 0.29) is 23.8 Å². The van der Waals surface area contributed by atoms with Crippen molar-refractivity contribution in [1.82, 2.24) is 25.4 Å². The van der Waals surface area contributed by atoms with Gasteiger partial charge < -0.3 is 14.8 Å². The van der Waals surface area contributed by atoms with Gasteiger partial charge in [0.05, 0.1) is 11.0 Å². The van der Waals surface area contributed by atoms with Crippen LogP contribution in [-0.4, -0.2) is 26.0 Å². The van der Waals surface area contributed by atoms with Gasteiger partial charge in [-0.2, -0.15) is 4.98 Å². The Morgan fingerprint density at radius 3 is 3.04 bits per heavy atom. The first-order chi connectivity index (χ1) is 12.6. The molecule has 2 N–H and O–H groups in total. The summed E-state index contributed by atoms with van der Waals surface area (Å²) in [5.41, 5.74) is 1.76. The van der Waals surface area contributed by atoms with E-state index in [4.69, 9.17) is 16.1 Å². The van der Waals surface area contributed by atoms with E-state index in [0.717, 1.165) is 41.9 Å². The molecule has 7 nitrogen and oxygen atoms in total. The van der Waals surface area contributed by atoms with Crippen molar-refractivity contribution in [3.63, 3.8) is 0 Å². The first-order valence-electron chi connectivity index (χ1n) is 8.87. The van der Waals surface area contributed by atoms with Crippen molar-refractivity contribution in [2.75, 3.05) is 0 Å². The van der Waals surface area contributed by atoms with Crippen LogP contribution in [0.5, 0.6) is 0 Å². The highest BCUT2D eigenvalue weighted by Crippen LogP contribution is 2.47. The van der Waals surface area contributed by atoms with Gasteiger partial charge in [-0.1, -0.05) is 16.8 Å². The van der Waals surface area contributed by atoms with Crippen LogP contribution in [-0.2, 0) is 4.79 Å². The fraction of sp³-hybridized carbons (Fsp3) is 0.444. The van der Waals surface area contributed by atoms with E-state index in [1.54, 1.807) is 0 Å². The second kappa shape index (κ2) is 5.81. The van der Waals surface area contributed by atoms with Gasteiger partial charge in [-0.15, -0.1) is 0 Å². The largest absolute Gasteiger partial charge is 0.344 e. The molecule has 26 heavy (non-hydrogen) atoms. The van der Waals surface area contributed by atoms with Gasteiger partial charge in [-0.05, 0) is 44.4 Å². The first-order valence-corrected chi connectivity index (χ1v) is 9.25. The standard InChI is InChI=1S/C18H18ClN5O2/c1-8(18-23-15(24-26-18)9-2-3-9)20-17(25)12-7-11(12)16-21-13-5-4-10(19)6-14(13)22-16/h4-6,8-9,11-12H,2-3,7H2,1H3,(H,20,25)(H,21,22)/t8?,11-,12-/m1/s1. The number of nitrogens with zero attached hydrogens (tertiary/aromatic N) is 3. The Balaban J connectivity index is 1.24. The van der Waals surface area contributed by atoms with Crippen LogP contribution < -0.4 is 5.32 Å². The molecule has 2 heterocycles. The maximum atomic E-state index is 12.5. The molecule has 2 aliphatic carbocycles. The Morgan fingerprint density at radius 2 is 2.23 bits per heavy atom. The smallest absolute Gasteiger partial charge is 0.248 e. The summed E-state index contributed by atoms with van der Waals surface area (Å²) in [4.78, 5) is 24.8. The molecule has 0 radical (unpaired) electrons. The highest BCUT2D eigenvalue weighted by molar-refractivity contribution is 6.31. The number of halogens is 1. The highest BCUT2D eigenvalue weighted by Gasteiger charge is 2.46. The summed E-state index contributed by atoms with van der Waals surface area (Å²) < 4.78 is 5.28. The number of fused-ring (bicyclic) bond motifs is 1. The zero-order chi connectivity index (χ0) is 17.8. The first kappa shape index (κ1) is 15.8. The molecule has 134 valence electrons. The molecule has 2 aromatic heterocycles. The van der Waals surface area contributed by atoms with Crippen molar-refractivity contribution in [2.45, 2.75) is 44.1 Å². The summed E-state index contributed by atoms with van der Waals surface area (Å²) in [5, 5.41) is 7.63. The van der Waals surface area contributed by atoms with E-state index in [2.05, 4.69) is 25.4 Å². The highest BCUT2D eigenvalue weighted by atomic mass is 35.5. The minimum Gasteiger partial charge on any atom is -0.344 e. The molecule has 1 aromatic carbocycles. The molecular weight excluding hydrogens is 354 g/mol. The Kier molecular flexibility index (Phi) is 3.53. The predicted molar refractivity (Wildman–Crippen MR) is 94.8 cm³/mol. The average Bonchev–Trinajstić information content (AvgIpc) is 3.53. The van der Waals surface area contributed by atoms with Crippen LogP contribution in [0.2, 0.25) is 5.02 Å². The molecule has 1 unspecified atom stereocenters. The quantitative estimate of drug-likeness (QED) is 0.715. The fourth-order valence-corrected chi connectivity index (χ4v) is 3.44. The lowest BCUT2D eigenvalue weighted by Crippen LogP contribution is -2.28. The number of carbonyl (C=O) groups is 1. The summed E-state index contributed by atoms with van der Waals surface area (Å²) in [6.07, 6.45) is 3.02. The lowest BCUT2D eigenvalue weighted by atomic mass is 10.2. The Hall–Kier alpha value is -2.41. The van der Waals surface area contributed by atoms with Gasteiger partial charge in [-0.25, -0.2) is 4.98 Å². The van der Waals surface area contributed by atoms with E-state index in [1.165, 1.54) is 0 Å². The maximum absolute atomic E-state index is 12.5. The van der Waals surface area contributed by atoms with Crippen LogP contribution in [0.25, 0.3) is 11.0 Å². The van der Waals surface area contributed by atoms with E-state index < -0.39 is 0 Å². The molecule has 2 saturated carbocycles. The normalized spacial score (nSPS) is 23.2. The number of carbonyl (C=O) groups excluding carboxylic acids is 1. The minimum absolute atomic E-state index is 0.00726. The van der Waals surface area contributed by atoms with Crippen molar-refractivity contribution in [3.05, 3.63) is 40.8 Å². The summed E-state index contributed by atoms with van der Waals surface area (Å²) in [6.45, 7) is 1.86. The number of hydrogen-bond acceptors (Lipinski definition) is 5. The molecule has 3 atom stereocenters. The van der Waals surface area contributed by atoms with Gasteiger partial charge in [0.2, 0.25) is 11.8 Å². The van der Waals surface area contributed by atoms with E-state index in [0.29, 0.717) is 16.8 Å². The minimum atomic E-state index is -0.293. The molecule has 3 aromatic rings. The molecule has 1 amide bonds. The fourth-order valence-electron chi connectivity index (χ4n) is 3.27. The molecule has 0 bridgehead atoms. The summed E-state index contributed by atoms with van der Waals surface area (Å²) in [6, 6.07) is 5.26. The molecule has 0 spiro atoms. The molecular formula is C18H18ClN5O2. The number of nitrogens with one attached hydrogen (secondary N) is 2. The van der Waals surface area contributed by atoms with Gasteiger partial charge >= 0.3 is 0 Å². The monoisotopic (exact) mass is 371 g/mol. The molecule has 2 aliphatic rings. The van der Waals surface area contributed by atoms with Crippen molar-refractivity contribution < 1.29 is 9.32 Å².